The number of aromatic carboxylic acids is 1. The Morgan fingerprint density at radius 2 is 1.93 bits per heavy atom. The topological polar surface area (TPSA) is 117 Å². The number of carbonyl (C=O) groups is 2. The quantitative estimate of drug-likeness (QED) is 0.605. The van der Waals surface area contributed by atoms with Crippen molar-refractivity contribution >= 4 is 17.6 Å². The lowest BCUT2D eigenvalue weighted by molar-refractivity contribution is -0.119. The first-order chi connectivity index (χ1) is 13.4. The first-order valence-corrected chi connectivity index (χ1v) is 8.69. The minimum absolute atomic E-state index is 0.0467. The molecule has 2 aromatic heterocycles. The molecule has 28 heavy (non-hydrogen) atoms. The average Bonchev–Trinajstić information content (AvgIpc) is 3.03. The maximum atomic E-state index is 12.5. The van der Waals surface area contributed by atoms with Crippen LogP contribution in [-0.2, 0) is 11.2 Å². The smallest absolute Gasteiger partial charge is 0.337 e. The molecule has 8 nitrogen and oxygen atoms in total. The fraction of sp³-hybridized carbons (Fsp3) is 0.200. The van der Waals surface area contributed by atoms with Gasteiger partial charge in [-0.05, 0) is 43.2 Å². The Kier molecular flexibility index (Phi) is 5.39. The van der Waals surface area contributed by atoms with E-state index in [9.17, 15) is 19.8 Å². The first kappa shape index (κ1) is 19.1. The van der Waals surface area contributed by atoms with E-state index in [0.717, 1.165) is 11.3 Å². The number of carbonyl (C=O) groups excluding carboxylic acids is 1. The Labute approximate surface area is 161 Å². The van der Waals surface area contributed by atoms with Crippen molar-refractivity contribution in [2.75, 3.05) is 5.32 Å². The molecule has 1 aromatic carbocycles. The summed E-state index contributed by atoms with van der Waals surface area (Å²) in [6.07, 6.45) is 3.45. The molecule has 0 aliphatic carbocycles. The lowest BCUT2D eigenvalue weighted by Crippen LogP contribution is -2.23. The van der Waals surface area contributed by atoms with Crippen LogP contribution in [0.5, 0.6) is 5.75 Å². The minimum Gasteiger partial charge on any atom is -0.506 e. The van der Waals surface area contributed by atoms with Crippen molar-refractivity contribution in [2.24, 2.45) is 5.92 Å². The van der Waals surface area contributed by atoms with Gasteiger partial charge >= 0.3 is 5.97 Å². The van der Waals surface area contributed by atoms with Gasteiger partial charge in [0.1, 0.15) is 5.75 Å². The number of anilines is 1. The van der Waals surface area contributed by atoms with E-state index in [-0.39, 0.29) is 22.9 Å². The molecular formula is C20H20N4O4. The second-order valence-corrected chi connectivity index (χ2v) is 6.49. The first-order valence-electron chi connectivity index (χ1n) is 8.69. The molecule has 0 spiro atoms. The molecule has 0 fully saturated rings. The van der Waals surface area contributed by atoms with Crippen molar-refractivity contribution < 1.29 is 19.8 Å². The fourth-order valence-electron chi connectivity index (χ4n) is 2.84. The third-order valence-electron chi connectivity index (χ3n) is 4.45. The van der Waals surface area contributed by atoms with E-state index >= 15 is 0 Å². The van der Waals surface area contributed by atoms with Crippen LogP contribution in [0.25, 0.3) is 5.82 Å². The number of hydrogen-bond acceptors (Lipinski definition) is 5. The Morgan fingerprint density at radius 1 is 1.18 bits per heavy atom. The van der Waals surface area contributed by atoms with Gasteiger partial charge in [-0.2, -0.15) is 5.10 Å². The summed E-state index contributed by atoms with van der Waals surface area (Å²) in [4.78, 5) is 28.0. The van der Waals surface area contributed by atoms with E-state index < -0.39 is 11.9 Å². The second-order valence-electron chi connectivity index (χ2n) is 6.49. The molecule has 0 bridgehead atoms. The monoisotopic (exact) mass is 380 g/mol. The number of pyridine rings is 1. The van der Waals surface area contributed by atoms with Crippen molar-refractivity contribution in [1.29, 1.82) is 0 Å². The summed E-state index contributed by atoms with van der Waals surface area (Å²) >= 11 is 0. The maximum Gasteiger partial charge on any atom is 0.337 e. The van der Waals surface area contributed by atoms with Crippen molar-refractivity contribution in [1.82, 2.24) is 14.8 Å². The molecule has 0 aliphatic rings. The summed E-state index contributed by atoms with van der Waals surface area (Å²) in [6, 6.07) is 9.47. The SMILES string of the molecule is Cc1c(CC(C)C(=O)Nc2ccccc2C(=O)O)cnn1-c1ccc(O)cn1. The highest BCUT2D eigenvalue weighted by Gasteiger charge is 2.19. The lowest BCUT2D eigenvalue weighted by Gasteiger charge is -2.13. The molecule has 0 radical (unpaired) electrons. The van der Waals surface area contributed by atoms with Gasteiger partial charge < -0.3 is 15.5 Å². The number of amides is 1. The van der Waals surface area contributed by atoms with Gasteiger partial charge in [0.15, 0.2) is 5.82 Å². The van der Waals surface area contributed by atoms with Gasteiger partial charge in [0.25, 0.3) is 0 Å². The molecule has 1 atom stereocenters. The summed E-state index contributed by atoms with van der Waals surface area (Å²) in [5.41, 5.74) is 2.03. The van der Waals surface area contributed by atoms with E-state index in [1.807, 2.05) is 6.92 Å². The van der Waals surface area contributed by atoms with Crippen molar-refractivity contribution in [3.05, 3.63) is 65.6 Å². The number of hydrogen-bond donors (Lipinski definition) is 3. The zero-order valence-electron chi connectivity index (χ0n) is 15.5. The van der Waals surface area contributed by atoms with Crippen LogP contribution in [0.1, 0.15) is 28.5 Å². The Hall–Kier alpha value is -3.68. The van der Waals surface area contributed by atoms with Gasteiger partial charge in [0, 0.05) is 11.6 Å². The van der Waals surface area contributed by atoms with Crippen molar-refractivity contribution in [3.63, 3.8) is 0 Å². The Morgan fingerprint density at radius 3 is 2.61 bits per heavy atom. The highest BCUT2D eigenvalue weighted by atomic mass is 16.4. The van der Waals surface area contributed by atoms with Crippen LogP contribution in [0.15, 0.2) is 48.8 Å². The van der Waals surface area contributed by atoms with E-state index in [4.69, 9.17) is 0 Å². The van der Waals surface area contributed by atoms with Crippen molar-refractivity contribution in [3.8, 4) is 11.6 Å². The number of nitrogens with zero attached hydrogens (tertiary/aromatic N) is 3. The average molecular weight is 380 g/mol. The molecule has 144 valence electrons. The molecular weight excluding hydrogens is 360 g/mol. The summed E-state index contributed by atoms with van der Waals surface area (Å²) in [6.45, 7) is 3.65. The molecule has 1 amide bonds. The van der Waals surface area contributed by atoms with Gasteiger partial charge in [0.2, 0.25) is 5.91 Å². The second kappa shape index (κ2) is 7.91. The van der Waals surface area contributed by atoms with Crippen LogP contribution in [0.3, 0.4) is 0 Å². The third-order valence-corrected chi connectivity index (χ3v) is 4.45. The van der Waals surface area contributed by atoms with Gasteiger partial charge in [-0.1, -0.05) is 19.1 Å². The molecule has 1 unspecified atom stereocenters. The third kappa shape index (κ3) is 4.01. The number of aromatic nitrogens is 3. The largest absolute Gasteiger partial charge is 0.506 e. The van der Waals surface area contributed by atoms with Gasteiger partial charge in [-0.25, -0.2) is 14.5 Å². The summed E-state index contributed by atoms with van der Waals surface area (Å²) in [5.74, 6) is -1.13. The molecule has 3 aromatic rings. The predicted octanol–water partition coefficient (Wildman–Crippen LogP) is 2.80. The van der Waals surface area contributed by atoms with E-state index in [1.54, 1.807) is 42.1 Å². The molecule has 2 heterocycles. The van der Waals surface area contributed by atoms with Gasteiger partial charge in [-0.3, -0.25) is 4.79 Å². The van der Waals surface area contributed by atoms with Crippen molar-refractivity contribution in [2.45, 2.75) is 20.3 Å². The van der Waals surface area contributed by atoms with E-state index in [0.29, 0.717) is 12.2 Å². The standard InChI is InChI=1S/C20H20N4O4/c1-12(19(26)23-17-6-4-3-5-16(17)20(27)28)9-14-10-22-24(13(14)2)18-8-7-15(25)11-21-18/h3-8,10-12,25H,9H2,1-2H3,(H,23,26)(H,27,28). The number of nitrogens with one attached hydrogen (secondary N) is 1. The van der Waals surface area contributed by atoms with E-state index in [2.05, 4.69) is 15.4 Å². The number of para-hydroxylation sites is 1. The van der Waals surface area contributed by atoms with Crippen LogP contribution >= 0.6 is 0 Å². The van der Waals surface area contributed by atoms with Crippen LogP contribution in [0.4, 0.5) is 5.69 Å². The normalized spacial score (nSPS) is 11.8. The van der Waals surface area contributed by atoms with Crippen LogP contribution in [0, 0.1) is 12.8 Å². The molecule has 0 saturated carbocycles. The minimum atomic E-state index is -1.10. The fourth-order valence-corrected chi connectivity index (χ4v) is 2.84. The molecule has 3 N–H and O–H groups in total. The van der Waals surface area contributed by atoms with Crippen LogP contribution < -0.4 is 5.32 Å². The zero-order chi connectivity index (χ0) is 20.3. The van der Waals surface area contributed by atoms with Gasteiger partial charge in [0.05, 0.1) is 23.6 Å². The number of carboxylic acids is 1. The highest BCUT2D eigenvalue weighted by Crippen LogP contribution is 2.20. The Balaban J connectivity index is 1.73. The highest BCUT2D eigenvalue weighted by molar-refractivity contribution is 6.01. The summed E-state index contributed by atoms with van der Waals surface area (Å²) < 4.78 is 1.64. The predicted molar refractivity (Wildman–Crippen MR) is 103 cm³/mol. The molecule has 8 heteroatoms. The number of benzene rings is 1. The Bertz CT molecular complexity index is 1010. The van der Waals surface area contributed by atoms with Crippen LogP contribution in [0.2, 0.25) is 0 Å². The van der Waals surface area contributed by atoms with Crippen LogP contribution in [-0.4, -0.2) is 36.9 Å². The molecule has 0 saturated heterocycles. The lowest BCUT2D eigenvalue weighted by atomic mass is 10.0. The van der Waals surface area contributed by atoms with E-state index in [1.165, 1.54) is 18.3 Å². The molecule has 0 aliphatic heterocycles. The number of carboxylic acid groups (broad SMARTS) is 1. The van der Waals surface area contributed by atoms with Gasteiger partial charge in [-0.15, -0.1) is 0 Å². The zero-order valence-corrected chi connectivity index (χ0v) is 15.5. The number of rotatable bonds is 6. The maximum absolute atomic E-state index is 12.5. The number of aromatic hydroxyl groups is 1. The molecule has 3 rings (SSSR count). The summed E-state index contributed by atoms with van der Waals surface area (Å²) in [7, 11) is 0. The summed E-state index contributed by atoms with van der Waals surface area (Å²) in [5, 5.41) is 25.6.